The molecule has 1 fully saturated rings. The summed E-state index contributed by atoms with van der Waals surface area (Å²) in [5.74, 6) is 3.52. The highest BCUT2D eigenvalue weighted by atomic mass is 127. The van der Waals surface area contributed by atoms with Gasteiger partial charge in [-0.2, -0.15) is 0 Å². The summed E-state index contributed by atoms with van der Waals surface area (Å²) in [7, 11) is 1.83. The van der Waals surface area contributed by atoms with Gasteiger partial charge in [-0.15, -0.1) is 24.0 Å². The lowest BCUT2D eigenvalue weighted by Gasteiger charge is -2.29. The van der Waals surface area contributed by atoms with E-state index >= 15 is 0 Å². The van der Waals surface area contributed by atoms with E-state index in [0.29, 0.717) is 0 Å². The third-order valence-corrected chi connectivity index (χ3v) is 4.29. The number of rotatable bonds is 5. The molecule has 5 heteroatoms. The van der Waals surface area contributed by atoms with Gasteiger partial charge in [-0.05, 0) is 30.4 Å². The van der Waals surface area contributed by atoms with Crippen LogP contribution in [-0.4, -0.2) is 26.1 Å². The fraction of sp³-hybridized carbons (Fsp3) is 0.688. The maximum atomic E-state index is 5.32. The molecule has 0 saturated heterocycles. The molecule has 0 bridgehead atoms. The molecule has 0 radical (unpaired) electrons. The van der Waals surface area contributed by atoms with E-state index in [0.717, 1.165) is 43.1 Å². The summed E-state index contributed by atoms with van der Waals surface area (Å²) in [4.78, 5) is 4.28. The van der Waals surface area contributed by atoms with Crippen LogP contribution in [0, 0.1) is 11.8 Å². The molecule has 0 aliphatic heterocycles. The van der Waals surface area contributed by atoms with Gasteiger partial charge in [0.05, 0.1) is 6.26 Å². The maximum absolute atomic E-state index is 5.32. The molecule has 120 valence electrons. The molecule has 2 N–H and O–H groups in total. The van der Waals surface area contributed by atoms with Gasteiger partial charge in [-0.1, -0.05) is 26.2 Å². The number of furan rings is 1. The molecule has 0 amide bonds. The number of nitrogens with one attached hydrogen (secondary N) is 2. The number of nitrogens with zero attached hydrogens (tertiary/aromatic N) is 1. The first-order valence-electron chi connectivity index (χ1n) is 7.76. The van der Waals surface area contributed by atoms with E-state index in [1.807, 2.05) is 19.2 Å². The first-order chi connectivity index (χ1) is 9.79. The zero-order chi connectivity index (χ0) is 14.2. The third-order valence-electron chi connectivity index (χ3n) is 4.29. The Hall–Kier alpha value is -0.720. The maximum Gasteiger partial charge on any atom is 0.190 e. The lowest BCUT2D eigenvalue weighted by molar-refractivity contribution is 0.256. The van der Waals surface area contributed by atoms with Gasteiger partial charge < -0.3 is 15.1 Å². The summed E-state index contributed by atoms with van der Waals surface area (Å²) in [5, 5.41) is 6.80. The van der Waals surface area contributed by atoms with E-state index in [4.69, 9.17) is 4.42 Å². The molecule has 0 spiro atoms. The molecule has 1 aromatic heterocycles. The van der Waals surface area contributed by atoms with Gasteiger partial charge in [0.25, 0.3) is 0 Å². The molecule has 21 heavy (non-hydrogen) atoms. The van der Waals surface area contributed by atoms with Crippen molar-refractivity contribution < 1.29 is 4.42 Å². The second kappa shape index (κ2) is 10.1. The second-order valence-electron chi connectivity index (χ2n) is 5.73. The minimum Gasteiger partial charge on any atom is -0.469 e. The van der Waals surface area contributed by atoms with Crippen molar-refractivity contribution in [2.45, 2.75) is 39.0 Å². The highest BCUT2D eigenvalue weighted by Gasteiger charge is 2.21. The molecule has 2 unspecified atom stereocenters. The first-order valence-corrected chi connectivity index (χ1v) is 7.76. The molecule has 4 nitrogen and oxygen atoms in total. The SMILES string of the molecule is CN=C(NCCc1ccco1)NCC1CCCCC1C.I. The average molecular weight is 405 g/mol. The molecule has 1 saturated carbocycles. The van der Waals surface area contributed by atoms with Crippen LogP contribution in [0.3, 0.4) is 0 Å². The van der Waals surface area contributed by atoms with Crippen LogP contribution in [0.25, 0.3) is 0 Å². The molecule has 1 aliphatic rings. The van der Waals surface area contributed by atoms with Crippen LogP contribution in [-0.2, 0) is 6.42 Å². The number of hydrogen-bond acceptors (Lipinski definition) is 2. The minimum absolute atomic E-state index is 0. The lowest BCUT2D eigenvalue weighted by Crippen LogP contribution is -2.42. The predicted molar refractivity (Wildman–Crippen MR) is 98.3 cm³/mol. The molecule has 1 aromatic rings. The number of hydrogen-bond donors (Lipinski definition) is 2. The molecule has 2 atom stereocenters. The fourth-order valence-electron chi connectivity index (χ4n) is 2.90. The van der Waals surface area contributed by atoms with E-state index in [1.165, 1.54) is 25.7 Å². The summed E-state index contributed by atoms with van der Waals surface area (Å²) < 4.78 is 5.32. The van der Waals surface area contributed by atoms with Crippen molar-refractivity contribution >= 4 is 29.9 Å². The third kappa shape index (κ3) is 6.28. The Morgan fingerprint density at radius 2 is 2.14 bits per heavy atom. The van der Waals surface area contributed by atoms with Gasteiger partial charge in [0.2, 0.25) is 0 Å². The normalized spacial score (nSPS) is 22.5. The number of halogens is 1. The topological polar surface area (TPSA) is 49.6 Å². The molecular weight excluding hydrogens is 377 g/mol. The Bertz CT molecular complexity index is 406. The first kappa shape index (κ1) is 18.3. The van der Waals surface area contributed by atoms with Gasteiger partial charge in [0.15, 0.2) is 5.96 Å². The zero-order valence-electron chi connectivity index (χ0n) is 13.1. The van der Waals surface area contributed by atoms with E-state index < -0.39 is 0 Å². The summed E-state index contributed by atoms with van der Waals surface area (Å²) in [6.07, 6.45) is 8.09. The Balaban J connectivity index is 0.00000220. The Morgan fingerprint density at radius 1 is 1.33 bits per heavy atom. The van der Waals surface area contributed by atoms with Crippen molar-refractivity contribution in [1.29, 1.82) is 0 Å². The van der Waals surface area contributed by atoms with Crippen molar-refractivity contribution in [3.8, 4) is 0 Å². The van der Waals surface area contributed by atoms with Crippen LogP contribution in [0.15, 0.2) is 27.8 Å². The van der Waals surface area contributed by atoms with Crippen molar-refractivity contribution in [1.82, 2.24) is 10.6 Å². The molecule has 1 aliphatic carbocycles. The standard InChI is InChI=1S/C16H27N3O.HI/c1-13-6-3-4-7-14(13)12-19-16(17-2)18-10-9-15-8-5-11-20-15;/h5,8,11,13-14H,3-4,6-7,9-10,12H2,1-2H3,(H2,17,18,19);1H. The van der Waals surface area contributed by atoms with Crippen molar-refractivity contribution in [2.75, 3.05) is 20.1 Å². The Kier molecular flexibility index (Phi) is 8.80. The molecule has 2 rings (SSSR count). The van der Waals surface area contributed by atoms with Crippen LogP contribution in [0.4, 0.5) is 0 Å². The summed E-state index contributed by atoms with van der Waals surface area (Å²) in [5.41, 5.74) is 0. The van der Waals surface area contributed by atoms with Crippen LogP contribution >= 0.6 is 24.0 Å². The van der Waals surface area contributed by atoms with Crippen LogP contribution in [0.1, 0.15) is 38.4 Å². The fourth-order valence-corrected chi connectivity index (χ4v) is 2.90. The van der Waals surface area contributed by atoms with Crippen molar-refractivity contribution in [3.05, 3.63) is 24.2 Å². The van der Waals surface area contributed by atoms with Crippen LogP contribution < -0.4 is 10.6 Å². The Labute approximate surface area is 145 Å². The quantitative estimate of drug-likeness (QED) is 0.448. The summed E-state index contributed by atoms with van der Waals surface area (Å²) >= 11 is 0. The zero-order valence-corrected chi connectivity index (χ0v) is 15.4. The average Bonchev–Trinajstić information content (AvgIpc) is 2.97. The van der Waals surface area contributed by atoms with Crippen LogP contribution in [0.5, 0.6) is 0 Å². The van der Waals surface area contributed by atoms with E-state index in [1.54, 1.807) is 6.26 Å². The van der Waals surface area contributed by atoms with Crippen LogP contribution in [0.2, 0.25) is 0 Å². The van der Waals surface area contributed by atoms with Gasteiger partial charge in [0.1, 0.15) is 5.76 Å². The monoisotopic (exact) mass is 405 g/mol. The van der Waals surface area contributed by atoms with Gasteiger partial charge in [-0.25, -0.2) is 0 Å². The smallest absolute Gasteiger partial charge is 0.190 e. The van der Waals surface area contributed by atoms with Crippen molar-refractivity contribution in [2.24, 2.45) is 16.8 Å². The summed E-state index contributed by atoms with van der Waals surface area (Å²) in [6.45, 7) is 4.24. The Morgan fingerprint density at radius 3 is 2.81 bits per heavy atom. The summed E-state index contributed by atoms with van der Waals surface area (Å²) in [6, 6.07) is 3.93. The predicted octanol–water partition coefficient (Wildman–Crippen LogP) is 3.43. The highest BCUT2D eigenvalue weighted by Crippen LogP contribution is 2.28. The van der Waals surface area contributed by atoms with E-state index in [2.05, 4.69) is 22.5 Å². The van der Waals surface area contributed by atoms with Gasteiger partial charge in [0, 0.05) is 26.6 Å². The molecule has 1 heterocycles. The van der Waals surface area contributed by atoms with Gasteiger partial charge in [-0.3, -0.25) is 4.99 Å². The minimum atomic E-state index is 0. The molecular formula is C16H28IN3O. The van der Waals surface area contributed by atoms with E-state index in [-0.39, 0.29) is 24.0 Å². The largest absolute Gasteiger partial charge is 0.469 e. The number of aliphatic imine (C=N–C) groups is 1. The van der Waals surface area contributed by atoms with E-state index in [9.17, 15) is 0 Å². The highest BCUT2D eigenvalue weighted by molar-refractivity contribution is 14.0. The molecule has 0 aromatic carbocycles. The van der Waals surface area contributed by atoms with Crippen molar-refractivity contribution in [3.63, 3.8) is 0 Å². The second-order valence-corrected chi connectivity index (χ2v) is 5.73. The van der Waals surface area contributed by atoms with Gasteiger partial charge >= 0.3 is 0 Å². The lowest BCUT2D eigenvalue weighted by atomic mass is 9.80. The number of guanidine groups is 1.